The number of Topliss-reactive ketones (excluding diaryl/α,β-unsaturated/α-hetero) is 1. The predicted octanol–water partition coefficient (Wildman–Crippen LogP) is 2.36. The number of ketones is 1. The van der Waals surface area contributed by atoms with Crippen molar-refractivity contribution >= 4 is 17.8 Å². The molecule has 2 atom stereocenters. The van der Waals surface area contributed by atoms with Gasteiger partial charge >= 0.3 is 0 Å². The SMILES string of the molecule is CC1OSC(c2ccccc2)C1=O. The lowest BCUT2D eigenvalue weighted by molar-refractivity contribution is -0.122. The fourth-order valence-electron chi connectivity index (χ4n) is 1.29. The summed E-state index contributed by atoms with van der Waals surface area (Å²) in [7, 11) is 0. The van der Waals surface area contributed by atoms with Gasteiger partial charge in [-0.1, -0.05) is 30.3 Å². The maximum atomic E-state index is 11.6. The van der Waals surface area contributed by atoms with E-state index >= 15 is 0 Å². The molecule has 2 unspecified atom stereocenters. The van der Waals surface area contributed by atoms with Gasteiger partial charge in [0, 0.05) is 12.0 Å². The van der Waals surface area contributed by atoms with Crippen molar-refractivity contribution in [2.45, 2.75) is 18.3 Å². The minimum atomic E-state index is -0.268. The third-order valence-electron chi connectivity index (χ3n) is 2.06. The van der Waals surface area contributed by atoms with Crippen LogP contribution in [0, 0.1) is 0 Å². The first-order chi connectivity index (χ1) is 6.29. The van der Waals surface area contributed by atoms with E-state index in [9.17, 15) is 4.79 Å². The van der Waals surface area contributed by atoms with E-state index in [1.165, 1.54) is 12.0 Å². The highest BCUT2D eigenvalue weighted by atomic mass is 32.2. The summed E-state index contributed by atoms with van der Waals surface area (Å²) in [5.41, 5.74) is 1.03. The molecule has 0 bridgehead atoms. The van der Waals surface area contributed by atoms with E-state index < -0.39 is 0 Å². The average molecular weight is 194 g/mol. The van der Waals surface area contributed by atoms with Crippen molar-refractivity contribution in [1.82, 2.24) is 0 Å². The summed E-state index contributed by atoms with van der Waals surface area (Å²) in [6.07, 6.45) is -0.268. The van der Waals surface area contributed by atoms with Gasteiger partial charge in [-0.2, -0.15) is 0 Å². The highest BCUT2D eigenvalue weighted by Gasteiger charge is 2.34. The molecular formula is C10H10O2S. The zero-order valence-corrected chi connectivity index (χ0v) is 8.08. The lowest BCUT2D eigenvalue weighted by Crippen LogP contribution is -2.14. The van der Waals surface area contributed by atoms with Gasteiger partial charge in [0.1, 0.15) is 11.4 Å². The fraction of sp³-hybridized carbons (Fsp3) is 0.300. The number of rotatable bonds is 1. The molecule has 2 nitrogen and oxygen atoms in total. The molecule has 0 spiro atoms. The quantitative estimate of drug-likeness (QED) is 0.642. The summed E-state index contributed by atoms with van der Waals surface area (Å²) >= 11 is 1.26. The summed E-state index contributed by atoms with van der Waals surface area (Å²) in [6.45, 7) is 1.79. The smallest absolute Gasteiger partial charge is 0.182 e. The molecule has 0 aliphatic carbocycles. The van der Waals surface area contributed by atoms with Crippen molar-refractivity contribution in [2.24, 2.45) is 0 Å². The average Bonchev–Trinajstić information content (AvgIpc) is 2.49. The molecule has 0 radical (unpaired) electrons. The van der Waals surface area contributed by atoms with E-state index in [0.717, 1.165) is 5.56 Å². The highest BCUT2D eigenvalue weighted by molar-refractivity contribution is 7.96. The standard InChI is InChI=1S/C10H10O2S/c1-7-9(11)10(13-12-7)8-5-3-2-4-6-8/h2-7,10H,1H3. The molecule has 0 amide bonds. The van der Waals surface area contributed by atoms with E-state index in [4.69, 9.17) is 4.18 Å². The summed E-state index contributed by atoms with van der Waals surface area (Å²) in [5.74, 6) is 0.163. The Morgan fingerprint density at radius 2 is 2.00 bits per heavy atom. The molecule has 68 valence electrons. The Morgan fingerprint density at radius 1 is 1.31 bits per heavy atom. The van der Waals surface area contributed by atoms with Gasteiger partial charge in [0.2, 0.25) is 0 Å². The monoisotopic (exact) mass is 194 g/mol. The van der Waals surface area contributed by atoms with Crippen LogP contribution in [0.3, 0.4) is 0 Å². The largest absolute Gasteiger partial charge is 0.303 e. The summed E-state index contributed by atoms with van der Waals surface area (Å²) in [4.78, 5) is 11.6. The van der Waals surface area contributed by atoms with Gasteiger partial charge in [-0.15, -0.1) is 0 Å². The molecular weight excluding hydrogens is 184 g/mol. The Balaban J connectivity index is 2.24. The summed E-state index contributed by atoms with van der Waals surface area (Å²) in [6, 6.07) is 9.73. The molecule has 0 aromatic heterocycles. The van der Waals surface area contributed by atoms with E-state index in [-0.39, 0.29) is 17.1 Å². The van der Waals surface area contributed by atoms with E-state index in [1.54, 1.807) is 6.92 Å². The van der Waals surface area contributed by atoms with Crippen LogP contribution in [0.5, 0.6) is 0 Å². The van der Waals surface area contributed by atoms with Gasteiger partial charge in [-0.3, -0.25) is 4.79 Å². The topological polar surface area (TPSA) is 26.3 Å². The Hall–Kier alpha value is -0.800. The molecule has 2 rings (SSSR count). The van der Waals surface area contributed by atoms with Gasteiger partial charge in [-0.05, 0) is 12.5 Å². The molecule has 13 heavy (non-hydrogen) atoms. The van der Waals surface area contributed by atoms with Gasteiger partial charge in [0.25, 0.3) is 0 Å². The van der Waals surface area contributed by atoms with Crippen molar-refractivity contribution in [3.05, 3.63) is 35.9 Å². The van der Waals surface area contributed by atoms with Gasteiger partial charge in [0.05, 0.1) is 0 Å². The molecule has 1 saturated heterocycles. The van der Waals surface area contributed by atoms with Crippen LogP contribution in [-0.4, -0.2) is 11.9 Å². The first kappa shape index (κ1) is 8.78. The highest BCUT2D eigenvalue weighted by Crippen LogP contribution is 2.38. The second-order valence-corrected chi connectivity index (χ2v) is 3.88. The lowest BCUT2D eigenvalue weighted by atomic mass is 10.1. The maximum Gasteiger partial charge on any atom is 0.182 e. The Kier molecular flexibility index (Phi) is 2.38. The molecule has 0 saturated carbocycles. The molecule has 1 fully saturated rings. The van der Waals surface area contributed by atoms with Crippen LogP contribution in [0.2, 0.25) is 0 Å². The van der Waals surface area contributed by atoms with Crippen molar-refractivity contribution in [1.29, 1.82) is 0 Å². The second kappa shape index (κ2) is 3.52. The zero-order chi connectivity index (χ0) is 9.26. The maximum absolute atomic E-state index is 11.6. The van der Waals surface area contributed by atoms with Gasteiger partial charge < -0.3 is 4.18 Å². The Bertz CT molecular complexity index is 310. The minimum absolute atomic E-state index is 0.129. The van der Waals surface area contributed by atoms with Crippen LogP contribution in [0.15, 0.2) is 30.3 Å². The second-order valence-electron chi connectivity index (χ2n) is 3.03. The molecule has 1 aromatic rings. The molecule has 1 aliphatic rings. The van der Waals surface area contributed by atoms with E-state index in [2.05, 4.69) is 0 Å². The Labute approximate surface area is 81.5 Å². The first-order valence-corrected chi connectivity index (χ1v) is 5.00. The van der Waals surface area contributed by atoms with Crippen LogP contribution >= 0.6 is 12.0 Å². The van der Waals surface area contributed by atoms with Crippen molar-refractivity contribution in [3.63, 3.8) is 0 Å². The summed E-state index contributed by atoms with van der Waals surface area (Å²) < 4.78 is 5.20. The third-order valence-corrected chi connectivity index (χ3v) is 3.15. The number of benzene rings is 1. The molecule has 1 aliphatic heterocycles. The third kappa shape index (κ3) is 1.62. The van der Waals surface area contributed by atoms with Crippen molar-refractivity contribution in [3.8, 4) is 0 Å². The van der Waals surface area contributed by atoms with Crippen molar-refractivity contribution < 1.29 is 8.98 Å². The number of hydrogen-bond acceptors (Lipinski definition) is 3. The van der Waals surface area contributed by atoms with E-state index in [1.807, 2.05) is 30.3 Å². The number of hydrogen-bond donors (Lipinski definition) is 0. The molecule has 1 aromatic carbocycles. The molecule has 0 N–H and O–H groups in total. The predicted molar refractivity (Wildman–Crippen MR) is 52.3 cm³/mol. The van der Waals surface area contributed by atoms with Crippen LogP contribution < -0.4 is 0 Å². The van der Waals surface area contributed by atoms with Crippen LogP contribution in [-0.2, 0) is 8.98 Å². The van der Waals surface area contributed by atoms with Crippen LogP contribution in [0.25, 0.3) is 0 Å². The van der Waals surface area contributed by atoms with Gasteiger partial charge in [-0.25, -0.2) is 0 Å². The minimum Gasteiger partial charge on any atom is -0.303 e. The molecule has 3 heteroatoms. The lowest BCUT2D eigenvalue weighted by Gasteiger charge is -2.03. The number of carbonyl (C=O) groups is 1. The van der Waals surface area contributed by atoms with Crippen LogP contribution in [0.1, 0.15) is 17.7 Å². The van der Waals surface area contributed by atoms with E-state index in [0.29, 0.717) is 0 Å². The first-order valence-electron chi connectivity index (χ1n) is 4.20. The molecule has 1 heterocycles. The zero-order valence-electron chi connectivity index (χ0n) is 7.27. The normalized spacial score (nSPS) is 27.9. The van der Waals surface area contributed by atoms with Crippen LogP contribution in [0.4, 0.5) is 0 Å². The van der Waals surface area contributed by atoms with Crippen molar-refractivity contribution in [2.75, 3.05) is 0 Å². The number of carbonyl (C=O) groups excluding carboxylic acids is 1. The fourth-order valence-corrected chi connectivity index (χ4v) is 2.22. The Morgan fingerprint density at radius 3 is 2.54 bits per heavy atom. The summed E-state index contributed by atoms with van der Waals surface area (Å²) in [5, 5.41) is -0.129. The van der Waals surface area contributed by atoms with Gasteiger partial charge in [0.15, 0.2) is 5.78 Å².